The first kappa shape index (κ1) is 24.1. The van der Waals surface area contributed by atoms with Crippen LogP contribution in [0.2, 0.25) is 0 Å². The van der Waals surface area contributed by atoms with Crippen LogP contribution in [-0.2, 0) is 6.54 Å². The van der Waals surface area contributed by atoms with Gasteiger partial charge in [-0.3, -0.25) is 4.99 Å². The van der Waals surface area contributed by atoms with E-state index in [1.54, 1.807) is 13.2 Å². The number of nitrogens with one attached hydrogen (secondary N) is 2. The molecule has 3 rings (SSSR count). The maximum Gasteiger partial charge on any atom is 0.213 e. The lowest BCUT2D eigenvalue weighted by atomic mass is 10.2. The number of aliphatic imine (C=N–C) groups is 1. The molecule has 0 bridgehead atoms. The molecule has 9 heteroatoms. The molecule has 1 unspecified atom stereocenters. The van der Waals surface area contributed by atoms with Crippen LogP contribution >= 0.6 is 24.0 Å². The Labute approximate surface area is 193 Å². The van der Waals surface area contributed by atoms with Gasteiger partial charge in [-0.1, -0.05) is 6.07 Å². The van der Waals surface area contributed by atoms with E-state index in [9.17, 15) is 8.78 Å². The van der Waals surface area contributed by atoms with Crippen LogP contribution < -0.4 is 20.3 Å². The predicted octanol–water partition coefficient (Wildman–Crippen LogP) is 3.71. The fourth-order valence-electron chi connectivity index (χ4n) is 3.24. The zero-order valence-electron chi connectivity index (χ0n) is 17.4. The minimum absolute atomic E-state index is 0. The molecule has 1 atom stereocenters. The van der Waals surface area contributed by atoms with E-state index in [-0.39, 0.29) is 36.1 Å². The summed E-state index contributed by atoms with van der Waals surface area (Å²) < 4.78 is 32.7. The zero-order chi connectivity index (χ0) is 20.8. The third-order valence-electron chi connectivity index (χ3n) is 4.62. The number of guanidine groups is 1. The molecule has 0 amide bonds. The SMILES string of the molecule is CN=C(NCc1ccc(OC(C)C)nc1)NC1CCN(c2ccc(F)cc2F)C1.I. The lowest BCUT2D eigenvalue weighted by Crippen LogP contribution is -2.44. The second kappa shape index (κ2) is 11.3. The molecule has 6 nitrogen and oxygen atoms in total. The Kier molecular flexibility index (Phi) is 9.07. The summed E-state index contributed by atoms with van der Waals surface area (Å²) in [6.45, 7) is 5.80. The van der Waals surface area contributed by atoms with Crippen LogP contribution in [0.25, 0.3) is 0 Å². The fraction of sp³-hybridized carbons (Fsp3) is 0.429. The molecule has 30 heavy (non-hydrogen) atoms. The summed E-state index contributed by atoms with van der Waals surface area (Å²) in [5.74, 6) is 0.165. The van der Waals surface area contributed by atoms with E-state index in [2.05, 4.69) is 20.6 Å². The van der Waals surface area contributed by atoms with Gasteiger partial charge in [0.2, 0.25) is 5.88 Å². The summed E-state index contributed by atoms with van der Waals surface area (Å²) in [4.78, 5) is 10.5. The Morgan fingerprint density at radius 1 is 1.30 bits per heavy atom. The Morgan fingerprint density at radius 2 is 2.10 bits per heavy atom. The monoisotopic (exact) mass is 531 g/mol. The third kappa shape index (κ3) is 6.68. The molecular weight excluding hydrogens is 503 g/mol. The Bertz CT molecular complexity index is 848. The number of aromatic nitrogens is 1. The largest absolute Gasteiger partial charge is 0.475 e. The van der Waals surface area contributed by atoms with Crippen molar-refractivity contribution in [2.24, 2.45) is 4.99 Å². The van der Waals surface area contributed by atoms with Crippen LogP contribution in [0.1, 0.15) is 25.8 Å². The predicted molar refractivity (Wildman–Crippen MR) is 126 cm³/mol. The smallest absolute Gasteiger partial charge is 0.213 e. The van der Waals surface area contributed by atoms with Crippen molar-refractivity contribution in [1.82, 2.24) is 15.6 Å². The molecule has 2 N–H and O–H groups in total. The second-order valence-electron chi connectivity index (χ2n) is 7.27. The molecule has 2 heterocycles. The molecule has 164 valence electrons. The van der Waals surface area contributed by atoms with Crippen molar-refractivity contribution < 1.29 is 13.5 Å². The van der Waals surface area contributed by atoms with Crippen molar-refractivity contribution in [1.29, 1.82) is 0 Å². The van der Waals surface area contributed by atoms with Gasteiger partial charge in [-0.25, -0.2) is 13.8 Å². The normalized spacial score (nSPS) is 16.4. The van der Waals surface area contributed by atoms with Crippen molar-refractivity contribution in [2.75, 3.05) is 25.0 Å². The topological polar surface area (TPSA) is 61.8 Å². The summed E-state index contributed by atoms with van der Waals surface area (Å²) in [5.41, 5.74) is 1.43. The quantitative estimate of drug-likeness (QED) is 0.338. The first-order valence-corrected chi connectivity index (χ1v) is 9.73. The number of benzene rings is 1. The molecule has 1 saturated heterocycles. The standard InChI is InChI=1S/C21H27F2N5O.HI/c1-14(2)29-20-7-4-15(11-25-20)12-26-21(24-3)27-17-8-9-28(13-17)19-6-5-16(22)10-18(19)23;/h4-7,10-11,14,17H,8-9,12-13H2,1-3H3,(H2,24,26,27);1H. The van der Waals surface area contributed by atoms with Crippen LogP contribution in [0, 0.1) is 11.6 Å². The molecule has 1 fully saturated rings. The number of halogens is 3. The van der Waals surface area contributed by atoms with E-state index in [4.69, 9.17) is 4.74 Å². The molecule has 0 aliphatic carbocycles. The molecule has 0 saturated carbocycles. The van der Waals surface area contributed by atoms with Crippen LogP contribution in [0.15, 0.2) is 41.5 Å². The lowest BCUT2D eigenvalue weighted by molar-refractivity contribution is 0.232. The van der Waals surface area contributed by atoms with Crippen LogP contribution in [0.4, 0.5) is 14.5 Å². The van der Waals surface area contributed by atoms with Crippen molar-refractivity contribution in [3.63, 3.8) is 0 Å². The van der Waals surface area contributed by atoms with Gasteiger partial charge < -0.3 is 20.3 Å². The average Bonchev–Trinajstić information content (AvgIpc) is 3.14. The van der Waals surface area contributed by atoms with E-state index in [1.165, 1.54) is 12.1 Å². The minimum Gasteiger partial charge on any atom is -0.475 e. The molecule has 1 aliphatic heterocycles. The van der Waals surface area contributed by atoms with Gasteiger partial charge in [0.1, 0.15) is 11.6 Å². The molecule has 0 radical (unpaired) electrons. The lowest BCUT2D eigenvalue weighted by Gasteiger charge is -2.21. The van der Waals surface area contributed by atoms with Crippen molar-refractivity contribution >= 4 is 35.6 Å². The summed E-state index contributed by atoms with van der Waals surface area (Å²) in [7, 11) is 1.71. The summed E-state index contributed by atoms with van der Waals surface area (Å²) in [5, 5.41) is 6.62. The number of nitrogens with zero attached hydrogens (tertiary/aromatic N) is 3. The van der Waals surface area contributed by atoms with Gasteiger partial charge >= 0.3 is 0 Å². The third-order valence-corrected chi connectivity index (χ3v) is 4.62. The summed E-state index contributed by atoms with van der Waals surface area (Å²) in [6, 6.07) is 7.61. The molecule has 2 aromatic rings. The first-order valence-electron chi connectivity index (χ1n) is 9.73. The van der Waals surface area contributed by atoms with Gasteiger partial charge in [0.05, 0.1) is 11.8 Å². The van der Waals surface area contributed by atoms with Gasteiger partial charge in [-0.05, 0) is 38.0 Å². The summed E-state index contributed by atoms with van der Waals surface area (Å²) >= 11 is 0. The maximum absolute atomic E-state index is 14.0. The van der Waals surface area contributed by atoms with Gasteiger partial charge in [-0.15, -0.1) is 24.0 Å². The highest BCUT2D eigenvalue weighted by molar-refractivity contribution is 14.0. The van der Waals surface area contributed by atoms with Crippen molar-refractivity contribution in [3.05, 3.63) is 53.7 Å². The van der Waals surface area contributed by atoms with Gasteiger partial charge in [0.25, 0.3) is 0 Å². The van der Waals surface area contributed by atoms with E-state index in [0.29, 0.717) is 37.2 Å². The van der Waals surface area contributed by atoms with Gasteiger partial charge in [0.15, 0.2) is 5.96 Å². The van der Waals surface area contributed by atoms with Crippen LogP contribution in [0.5, 0.6) is 5.88 Å². The van der Waals surface area contributed by atoms with Gasteiger partial charge in [0, 0.05) is 51.1 Å². The van der Waals surface area contributed by atoms with Crippen molar-refractivity contribution in [3.8, 4) is 5.88 Å². The highest BCUT2D eigenvalue weighted by atomic mass is 127. The van der Waals surface area contributed by atoms with E-state index >= 15 is 0 Å². The molecule has 1 aromatic carbocycles. The minimum atomic E-state index is -0.567. The number of hydrogen-bond donors (Lipinski definition) is 2. The molecule has 1 aromatic heterocycles. The number of hydrogen-bond acceptors (Lipinski definition) is 4. The zero-order valence-corrected chi connectivity index (χ0v) is 19.7. The number of anilines is 1. The maximum atomic E-state index is 14.0. The molecular formula is C21H28F2IN5O. The van der Waals surface area contributed by atoms with E-state index in [1.807, 2.05) is 30.9 Å². The van der Waals surface area contributed by atoms with E-state index < -0.39 is 11.6 Å². The Balaban J connectivity index is 0.00000320. The average molecular weight is 531 g/mol. The second-order valence-corrected chi connectivity index (χ2v) is 7.27. The number of pyridine rings is 1. The fourth-order valence-corrected chi connectivity index (χ4v) is 3.24. The van der Waals surface area contributed by atoms with E-state index in [0.717, 1.165) is 18.1 Å². The van der Waals surface area contributed by atoms with Gasteiger partial charge in [-0.2, -0.15) is 0 Å². The highest BCUT2D eigenvalue weighted by Crippen LogP contribution is 2.24. The number of ether oxygens (including phenoxy) is 1. The highest BCUT2D eigenvalue weighted by Gasteiger charge is 2.25. The number of rotatable bonds is 6. The Morgan fingerprint density at radius 3 is 2.73 bits per heavy atom. The van der Waals surface area contributed by atoms with Crippen LogP contribution in [0.3, 0.4) is 0 Å². The van der Waals surface area contributed by atoms with Crippen molar-refractivity contribution in [2.45, 2.75) is 39.0 Å². The first-order chi connectivity index (χ1) is 13.9. The summed E-state index contributed by atoms with van der Waals surface area (Å²) in [6.07, 6.45) is 2.69. The molecule has 1 aliphatic rings. The molecule has 0 spiro atoms. The van der Waals surface area contributed by atoms with Crippen LogP contribution in [-0.4, -0.2) is 43.2 Å². The Hall–Kier alpha value is -2.17.